The van der Waals surface area contributed by atoms with Crippen LogP contribution in [0.4, 0.5) is 21.5 Å². The van der Waals surface area contributed by atoms with E-state index in [0.29, 0.717) is 6.54 Å². The Morgan fingerprint density at radius 2 is 2.05 bits per heavy atom. The predicted molar refractivity (Wildman–Crippen MR) is 81.6 cm³/mol. The molecule has 0 bridgehead atoms. The molecule has 0 heterocycles. The molecule has 0 aliphatic carbocycles. The summed E-state index contributed by atoms with van der Waals surface area (Å²) in [6.07, 6.45) is 0. The van der Waals surface area contributed by atoms with Crippen molar-refractivity contribution >= 4 is 23.0 Å². The summed E-state index contributed by atoms with van der Waals surface area (Å²) < 4.78 is 14.2. The number of hydrogen-bond donors (Lipinski definition) is 2. The van der Waals surface area contributed by atoms with Crippen LogP contribution in [0.25, 0.3) is 0 Å². The molecule has 0 saturated carbocycles. The number of carboxylic acid groups (broad SMARTS) is 1. The standard InChI is InChI=1S/C16H17FN2O2/c1-3-19(11-6-4-5-10(2)7-11)15-8-12(16(20)21)14(18)9-13(15)17/h4-9H,3,18H2,1-2H3,(H,20,21). The van der Waals surface area contributed by atoms with Crippen LogP contribution in [0.3, 0.4) is 0 Å². The number of rotatable bonds is 4. The van der Waals surface area contributed by atoms with Crippen LogP contribution in [0.1, 0.15) is 22.8 Å². The zero-order valence-corrected chi connectivity index (χ0v) is 11.9. The number of halogens is 1. The molecule has 0 aliphatic rings. The molecule has 2 rings (SSSR count). The average molecular weight is 288 g/mol. The van der Waals surface area contributed by atoms with Gasteiger partial charge in [-0.2, -0.15) is 0 Å². The summed E-state index contributed by atoms with van der Waals surface area (Å²) in [7, 11) is 0. The Kier molecular flexibility index (Phi) is 4.12. The Bertz CT molecular complexity index is 686. The summed E-state index contributed by atoms with van der Waals surface area (Å²) >= 11 is 0. The molecule has 0 unspecified atom stereocenters. The molecule has 0 saturated heterocycles. The van der Waals surface area contributed by atoms with E-state index in [1.807, 2.05) is 38.1 Å². The van der Waals surface area contributed by atoms with Crippen molar-refractivity contribution in [3.05, 3.63) is 53.3 Å². The first-order chi connectivity index (χ1) is 9.93. The van der Waals surface area contributed by atoms with Crippen LogP contribution in [0.2, 0.25) is 0 Å². The lowest BCUT2D eigenvalue weighted by atomic mass is 10.1. The number of anilines is 3. The minimum Gasteiger partial charge on any atom is -0.478 e. The van der Waals surface area contributed by atoms with Crippen molar-refractivity contribution in [3.63, 3.8) is 0 Å². The number of aromatic carboxylic acids is 1. The summed E-state index contributed by atoms with van der Waals surface area (Å²) in [6, 6.07) is 9.92. The van der Waals surface area contributed by atoms with Crippen LogP contribution in [-0.2, 0) is 0 Å². The zero-order chi connectivity index (χ0) is 15.6. The Morgan fingerprint density at radius 1 is 1.33 bits per heavy atom. The Labute approximate surface area is 122 Å². The van der Waals surface area contributed by atoms with Crippen LogP contribution in [0.15, 0.2) is 36.4 Å². The maximum absolute atomic E-state index is 14.2. The van der Waals surface area contributed by atoms with Crippen molar-refractivity contribution in [1.29, 1.82) is 0 Å². The fourth-order valence-electron chi connectivity index (χ4n) is 2.26. The molecule has 5 heteroatoms. The van der Waals surface area contributed by atoms with Gasteiger partial charge >= 0.3 is 5.97 Å². The van der Waals surface area contributed by atoms with Gasteiger partial charge in [0.25, 0.3) is 0 Å². The second kappa shape index (κ2) is 5.83. The zero-order valence-electron chi connectivity index (χ0n) is 11.9. The fraction of sp³-hybridized carbons (Fsp3) is 0.188. The maximum Gasteiger partial charge on any atom is 0.337 e. The monoisotopic (exact) mass is 288 g/mol. The third-order valence-electron chi connectivity index (χ3n) is 3.27. The summed E-state index contributed by atoms with van der Waals surface area (Å²) in [4.78, 5) is 12.9. The van der Waals surface area contributed by atoms with Crippen molar-refractivity contribution in [2.24, 2.45) is 0 Å². The lowest BCUT2D eigenvalue weighted by Crippen LogP contribution is -2.18. The first kappa shape index (κ1) is 14.8. The highest BCUT2D eigenvalue weighted by Crippen LogP contribution is 2.31. The fourth-order valence-corrected chi connectivity index (χ4v) is 2.26. The predicted octanol–water partition coefficient (Wildman–Crippen LogP) is 3.57. The Hall–Kier alpha value is -2.56. The van der Waals surface area contributed by atoms with Gasteiger partial charge in [-0.1, -0.05) is 12.1 Å². The second-order valence-electron chi connectivity index (χ2n) is 4.78. The minimum atomic E-state index is -1.17. The normalized spacial score (nSPS) is 10.4. The van der Waals surface area contributed by atoms with Crippen molar-refractivity contribution in [3.8, 4) is 0 Å². The Balaban J connectivity index is 2.57. The highest BCUT2D eigenvalue weighted by molar-refractivity contribution is 5.95. The van der Waals surface area contributed by atoms with Crippen LogP contribution in [0.5, 0.6) is 0 Å². The number of benzene rings is 2. The van der Waals surface area contributed by atoms with Crippen LogP contribution >= 0.6 is 0 Å². The lowest BCUT2D eigenvalue weighted by molar-refractivity contribution is 0.0698. The van der Waals surface area contributed by atoms with E-state index in [2.05, 4.69) is 0 Å². The number of aryl methyl sites for hydroxylation is 1. The third kappa shape index (κ3) is 2.97. The van der Waals surface area contributed by atoms with Crippen LogP contribution in [-0.4, -0.2) is 17.6 Å². The molecule has 0 atom stereocenters. The van der Waals surface area contributed by atoms with E-state index in [-0.39, 0.29) is 16.9 Å². The smallest absolute Gasteiger partial charge is 0.337 e. The average Bonchev–Trinajstić information content (AvgIpc) is 2.41. The maximum atomic E-state index is 14.2. The van der Waals surface area contributed by atoms with Crippen molar-refractivity contribution in [2.45, 2.75) is 13.8 Å². The van der Waals surface area contributed by atoms with Gasteiger partial charge < -0.3 is 15.7 Å². The quantitative estimate of drug-likeness (QED) is 0.844. The summed E-state index contributed by atoms with van der Waals surface area (Å²) in [5, 5.41) is 9.13. The minimum absolute atomic E-state index is 0.0796. The van der Waals surface area contributed by atoms with Gasteiger partial charge in [-0.25, -0.2) is 9.18 Å². The summed E-state index contributed by atoms with van der Waals surface area (Å²) in [6.45, 7) is 4.32. The van der Waals surface area contributed by atoms with Gasteiger partial charge in [0.2, 0.25) is 0 Å². The van der Waals surface area contributed by atoms with Gasteiger partial charge in [0.1, 0.15) is 5.82 Å². The SMILES string of the molecule is CCN(c1cccc(C)c1)c1cc(C(=O)O)c(N)cc1F. The van der Waals surface area contributed by atoms with Gasteiger partial charge in [0.15, 0.2) is 0 Å². The number of nitrogens with zero attached hydrogens (tertiary/aromatic N) is 1. The Morgan fingerprint density at radius 3 is 2.62 bits per heavy atom. The molecular formula is C16H17FN2O2. The number of nitrogens with two attached hydrogens (primary N) is 1. The van der Waals surface area contributed by atoms with Gasteiger partial charge in [-0.05, 0) is 43.7 Å². The van der Waals surface area contributed by atoms with E-state index in [1.54, 1.807) is 4.90 Å². The lowest BCUT2D eigenvalue weighted by Gasteiger charge is -2.25. The molecule has 2 aromatic carbocycles. The number of nitrogen functional groups attached to an aromatic ring is 1. The molecule has 21 heavy (non-hydrogen) atoms. The van der Waals surface area contributed by atoms with E-state index < -0.39 is 11.8 Å². The van der Waals surface area contributed by atoms with E-state index in [4.69, 9.17) is 10.8 Å². The summed E-state index contributed by atoms with van der Waals surface area (Å²) in [5.41, 5.74) is 7.43. The summed E-state index contributed by atoms with van der Waals surface area (Å²) in [5.74, 6) is -1.71. The molecule has 0 spiro atoms. The molecule has 0 radical (unpaired) electrons. The van der Waals surface area contributed by atoms with E-state index in [0.717, 1.165) is 17.3 Å². The van der Waals surface area contributed by atoms with Crippen molar-refractivity contribution < 1.29 is 14.3 Å². The van der Waals surface area contributed by atoms with Crippen molar-refractivity contribution in [1.82, 2.24) is 0 Å². The van der Waals surface area contributed by atoms with Gasteiger partial charge in [-0.15, -0.1) is 0 Å². The molecule has 3 N–H and O–H groups in total. The number of hydrogen-bond acceptors (Lipinski definition) is 3. The van der Waals surface area contributed by atoms with Crippen LogP contribution in [0, 0.1) is 12.7 Å². The first-order valence-corrected chi connectivity index (χ1v) is 6.60. The molecule has 110 valence electrons. The first-order valence-electron chi connectivity index (χ1n) is 6.60. The van der Waals surface area contributed by atoms with Crippen LogP contribution < -0.4 is 10.6 Å². The molecule has 2 aromatic rings. The molecular weight excluding hydrogens is 271 g/mol. The number of carbonyl (C=O) groups is 1. The molecule has 0 aromatic heterocycles. The topological polar surface area (TPSA) is 66.6 Å². The second-order valence-corrected chi connectivity index (χ2v) is 4.78. The highest BCUT2D eigenvalue weighted by Gasteiger charge is 2.18. The highest BCUT2D eigenvalue weighted by atomic mass is 19.1. The van der Waals surface area contributed by atoms with E-state index in [1.165, 1.54) is 6.07 Å². The molecule has 0 fully saturated rings. The van der Waals surface area contributed by atoms with Gasteiger partial charge in [0, 0.05) is 17.9 Å². The van der Waals surface area contributed by atoms with E-state index in [9.17, 15) is 9.18 Å². The molecule has 0 aliphatic heterocycles. The van der Waals surface area contributed by atoms with Gasteiger partial charge in [0.05, 0.1) is 11.3 Å². The largest absolute Gasteiger partial charge is 0.478 e. The van der Waals surface area contributed by atoms with Crippen molar-refractivity contribution in [2.75, 3.05) is 17.2 Å². The van der Waals surface area contributed by atoms with Gasteiger partial charge in [-0.3, -0.25) is 0 Å². The molecule has 0 amide bonds. The molecule has 4 nitrogen and oxygen atoms in total. The van der Waals surface area contributed by atoms with E-state index >= 15 is 0 Å². The third-order valence-corrected chi connectivity index (χ3v) is 3.27. The number of carboxylic acids is 1.